The molecule has 3 rings (SSSR count). The van der Waals surface area contributed by atoms with Gasteiger partial charge in [0.15, 0.2) is 0 Å². The first-order valence-electron chi connectivity index (χ1n) is 8.82. The molecule has 1 aliphatic rings. The lowest BCUT2D eigenvalue weighted by Gasteiger charge is -2.41. The second kappa shape index (κ2) is 6.38. The van der Waals surface area contributed by atoms with Gasteiger partial charge in [-0.3, -0.25) is 4.79 Å². The number of amides is 1. The maximum Gasteiger partial charge on any atom is 0.223 e. The van der Waals surface area contributed by atoms with Crippen LogP contribution in [0, 0.1) is 17.3 Å². The molecule has 23 heavy (non-hydrogen) atoms. The number of hydrogen-bond donors (Lipinski definition) is 2. The molecule has 2 atom stereocenters. The van der Waals surface area contributed by atoms with E-state index in [9.17, 15) is 4.79 Å². The van der Waals surface area contributed by atoms with Crippen LogP contribution in [0.1, 0.15) is 45.6 Å². The molecule has 1 heterocycles. The Hall–Kier alpha value is -1.77. The Bertz CT molecular complexity index is 686. The Labute approximate surface area is 138 Å². The van der Waals surface area contributed by atoms with Gasteiger partial charge in [-0.05, 0) is 42.2 Å². The number of rotatable bonds is 4. The number of carbonyl (C=O) groups excluding carboxylic acids is 1. The van der Waals surface area contributed by atoms with Crippen molar-refractivity contribution in [1.29, 1.82) is 0 Å². The van der Waals surface area contributed by atoms with Crippen LogP contribution in [0.15, 0.2) is 30.5 Å². The molecule has 2 aromatic rings. The van der Waals surface area contributed by atoms with Gasteiger partial charge < -0.3 is 10.3 Å². The molecule has 1 fully saturated rings. The lowest BCUT2D eigenvalue weighted by molar-refractivity contribution is -0.132. The summed E-state index contributed by atoms with van der Waals surface area (Å²) in [5, 5.41) is 4.45. The van der Waals surface area contributed by atoms with E-state index in [0.717, 1.165) is 18.4 Å². The fourth-order valence-corrected chi connectivity index (χ4v) is 4.35. The van der Waals surface area contributed by atoms with Crippen LogP contribution in [0.3, 0.4) is 0 Å². The van der Waals surface area contributed by atoms with E-state index in [-0.39, 0.29) is 17.2 Å². The molecule has 1 aliphatic carbocycles. The molecule has 1 aromatic heterocycles. The molecule has 2 N–H and O–H groups in total. The first kappa shape index (κ1) is 16.1. The molecule has 124 valence electrons. The number of fused-ring (bicyclic) bond motifs is 1. The molecule has 0 aliphatic heterocycles. The monoisotopic (exact) mass is 312 g/mol. The van der Waals surface area contributed by atoms with Crippen molar-refractivity contribution in [2.45, 2.75) is 46.5 Å². The predicted molar refractivity (Wildman–Crippen MR) is 95.3 cm³/mol. The Morgan fingerprint density at radius 3 is 2.91 bits per heavy atom. The summed E-state index contributed by atoms with van der Waals surface area (Å²) in [6, 6.07) is 8.32. The van der Waals surface area contributed by atoms with Crippen molar-refractivity contribution in [2.75, 3.05) is 6.54 Å². The Morgan fingerprint density at radius 1 is 1.35 bits per heavy atom. The summed E-state index contributed by atoms with van der Waals surface area (Å²) < 4.78 is 0. The zero-order valence-corrected chi connectivity index (χ0v) is 14.5. The van der Waals surface area contributed by atoms with E-state index in [2.05, 4.69) is 55.5 Å². The third-order valence-electron chi connectivity index (χ3n) is 5.54. The average Bonchev–Trinajstić information content (AvgIpc) is 2.90. The summed E-state index contributed by atoms with van der Waals surface area (Å²) in [6.45, 7) is 7.42. The summed E-state index contributed by atoms with van der Waals surface area (Å²) in [5.41, 5.74) is 2.55. The minimum atomic E-state index is 0.114. The minimum absolute atomic E-state index is 0.114. The molecule has 0 saturated heterocycles. The zero-order valence-electron chi connectivity index (χ0n) is 14.5. The van der Waals surface area contributed by atoms with E-state index in [1.54, 1.807) is 0 Å². The van der Waals surface area contributed by atoms with Crippen LogP contribution < -0.4 is 5.32 Å². The second-order valence-corrected chi connectivity index (χ2v) is 7.74. The third-order valence-corrected chi connectivity index (χ3v) is 5.54. The van der Waals surface area contributed by atoms with Crippen molar-refractivity contribution < 1.29 is 4.79 Å². The van der Waals surface area contributed by atoms with Gasteiger partial charge in [0.2, 0.25) is 5.91 Å². The quantitative estimate of drug-likeness (QED) is 0.869. The van der Waals surface area contributed by atoms with E-state index in [1.807, 2.05) is 6.07 Å². The number of aromatic amines is 1. The van der Waals surface area contributed by atoms with Crippen molar-refractivity contribution in [2.24, 2.45) is 17.3 Å². The van der Waals surface area contributed by atoms with Crippen LogP contribution in [0.25, 0.3) is 10.9 Å². The number of para-hydroxylation sites is 1. The number of H-pyrrole nitrogens is 1. The third kappa shape index (κ3) is 3.29. The van der Waals surface area contributed by atoms with Crippen LogP contribution in [-0.4, -0.2) is 17.4 Å². The van der Waals surface area contributed by atoms with E-state index in [4.69, 9.17) is 0 Å². The molecule has 1 aromatic carbocycles. The van der Waals surface area contributed by atoms with E-state index in [1.165, 1.54) is 23.8 Å². The lowest BCUT2D eigenvalue weighted by Crippen LogP contribution is -2.45. The van der Waals surface area contributed by atoms with Crippen LogP contribution in [0.2, 0.25) is 0 Å². The van der Waals surface area contributed by atoms with E-state index in [0.29, 0.717) is 12.5 Å². The summed E-state index contributed by atoms with van der Waals surface area (Å²) >= 11 is 0. The number of hydrogen-bond acceptors (Lipinski definition) is 1. The Balaban J connectivity index is 1.61. The highest BCUT2D eigenvalue weighted by atomic mass is 16.1. The predicted octanol–water partition coefficient (Wildman–Crippen LogP) is 4.29. The Kier molecular flexibility index (Phi) is 4.47. The number of carbonyl (C=O) groups is 1. The molecule has 0 spiro atoms. The zero-order chi connectivity index (χ0) is 16.4. The van der Waals surface area contributed by atoms with Crippen molar-refractivity contribution >= 4 is 16.8 Å². The van der Waals surface area contributed by atoms with E-state index < -0.39 is 0 Å². The van der Waals surface area contributed by atoms with Crippen LogP contribution in [-0.2, 0) is 11.2 Å². The normalized spacial score (nSPS) is 23.8. The molecular formula is C20H28N2O. The van der Waals surface area contributed by atoms with E-state index >= 15 is 0 Å². The second-order valence-electron chi connectivity index (χ2n) is 7.74. The Morgan fingerprint density at radius 2 is 2.13 bits per heavy atom. The first-order valence-corrected chi connectivity index (χ1v) is 8.82. The van der Waals surface area contributed by atoms with Gasteiger partial charge >= 0.3 is 0 Å². The highest BCUT2D eigenvalue weighted by molar-refractivity contribution is 5.83. The van der Waals surface area contributed by atoms with Gasteiger partial charge in [0.25, 0.3) is 0 Å². The lowest BCUT2D eigenvalue weighted by atomic mass is 9.64. The van der Waals surface area contributed by atoms with Gasteiger partial charge in [-0.1, -0.05) is 45.4 Å². The largest absolute Gasteiger partial charge is 0.361 e. The number of nitrogens with one attached hydrogen (secondary N) is 2. The smallest absolute Gasteiger partial charge is 0.223 e. The van der Waals surface area contributed by atoms with Gasteiger partial charge in [-0.25, -0.2) is 0 Å². The summed E-state index contributed by atoms with van der Waals surface area (Å²) in [4.78, 5) is 16.0. The summed E-state index contributed by atoms with van der Waals surface area (Å²) in [6.07, 6.45) is 6.50. The molecule has 0 unspecified atom stereocenters. The molecular weight excluding hydrogens is 284 g/mol. The van der Waals surface area contributed by atoms with Gasteiger partial charge in [-0.2, -0.15) is 0 Å². The van der Waals surface area contributed by atoms with Crippen LogP contribution in [0.5, 0.6) is 0 Å². The molecule has 0 bridgehead atoms. The number of aromatic nitrogens is 1. The standard InChI is InChI=1S/C20H28N2O/c1-14-7-6-11-20(2,3)18(14)19(23)21-12-10-15-13-22-17-9-5-4-8-16(15)17/h4-5,8-9,13-14,18,22H,6-7,10-12H2,1-3H3,(H,21,23)/t14-,18-/m0/s1. The number of benzene rings is 1. The molecule has 1 saturated carbocycles. The van der Waals surface area contributed by atoms with Gasteiger partial charge in [0, 0.05) is 29.6 Å². The molecule has 3 heteroatoms. The minimum Gasteiger partial charge on any atom is -0.361 e. The fourth-order valence-electron chi connectivity index (χ4n) is 4.35. The van der Waals surface area contributed by atoms with Crippen LogP contribution >= 0.6 is 0 Å². The highest BCUT2D eigenvalue weighted by Gasteiger charge is 2.41. The SMILES string of the molecule is C[C@H]1CCCC(C)(C)[C@@H]1C(=O)NCCc1c[nH]c2ccccc12. The molecule has 3 nitrogen and oxygen atoms in total. The highest BCUT2D eigenvalue weighted by Crippen LogP contribution is 2.43. The van der Waals surface area contributed by atoms with Crippen LogP contribution in [0.4, 0.5) is 0 Å². The molecule has 1 amide bonds. The van der Waals surface area contributed by atoms with Crippen molar-refractivity contribution in [3.05, 3.63) is 36.0 Å². The fraction of sp³-hybridized carbons (Fsp3) is 0.550. The average molecular weight is 312 g/mol. The maximum atomic E-state index is 12.7. The topological polar surface area (TPSA) is 44.9 Å². The van der Waals surface area contributed by atoms with Gasteiger partial charge in [-0.15, -0.1) is 0 Å². The van der Waals surface area contributed by atoms with Gasteiger partial charge in [0.1, 0.15) is 0 Å². The van der Waals surface area contributed by atoms with Crippen molar-refractivity contribution in [1.82, 2.24) is 10.3 Å². The summed E-state index contributed by atoms with van der Waals surface area (Å²) in [5.74, 6) is 0.855. The maximum absolute atomic E-state index is 12.7. The molecule has 0 radical (unpaired) electrons. The van der Waals surface area contributed by atoms with Gasteiger partial charge in [0.05, 0.1) is 0 Å². The first-order chi connectivity index (χ1) is 11.0. The van der Waals surface area contributed by atoms with Crippen molar-refractivity contribution in [3.63, 3.8) is 0 Å². The summed E-state index contributed by atoms with van der Waals surface area (Å²) in [7, 11) is 0. The van der Waals surface area contributed by atoms with Crippen molar-refractivity contribution in [3.8, 4) is 0 Å².